The quantitative estimate of drug-likeness (QED) is 0.478. The molecule has 0 unspecified atom stereocenters. The highest BCUT2D eigenvalue weighted by molar-refractivity contribution is 8.13. The summed E-state index contributed by atoms with van der Waals surface area (Å²) in [6.07, 6.45) is 0.986. The van der Waals surface area contributed by atoms with Crippen molar-refractivity contribution in [2.24, 2.45) is 0 Å². The summed E-state index contributed by atoms with van der Waals surface area (Å²) in [6, 6.07) is 8.46. The van der Waals surface area contributed by atoms with E-state index < -0.39 is 24.7 Å². The largest absolute Gasteiger partial charge is 0.410 e. The van der Waals surface area contributed by atoms with Crippen LogP contribution in [-0.4, -0.2) is 23.1 Å². The number of nitro groups is 1. The van der Waals surface area contributed by atoms with Crippen molar-refractivity contribution in [1.82, 2.24) is 9.78 Å². The second kappa shape index (κ2) is 5.51. The maximum atomic E-state index is 11.3. The number of rotatable bonds is 4. The molecule has 1 heterocycles. The van der Waals surface area contributed by atoms with Crippen molar-refractivity contribution in [3.8, 4) is 6.07 Å². The van der Waals surface area contributed by atoms with Gasteiger partial charge in [0.2, 0.25) is 4.90 Å². The van der Waals surface area contributed by atoms with Crippen molar-refractivity contribution in [1.29, 1.82) is 5.26 Å². The van der Waals surface area contributed by atoms with Gasteiger partial charge in [0.05, 0.1) is 29.5 Å². The lowest BCUT2D eigenvalue weighted by Crippen LogP contribution is -2.01. The fourth-order valence-corrected chi connectivity index (χ4v) is 2.61. The zero-order chi connectivity index (χ0) is 15.6. The van der Waals surface area contributed by atoms with Gasteiger partial charge in [0.15, 0.2) is 0 Å². The predicted molar refractivity (Wildman–Crippen MR) is 72.2 cm³/mol. The molecule has 2 rings (SSSR count). The van der Waals surface area contributed by atoms with Gasteiger partial charge in [-0.15, -0.1) is 0 Å². The number of aromatic nitrogens is 2. The summed E-state index contributed by atoms with van der Waals surface area (Å²) in [5.74, 6) is -0.832. The molecule has 108 valence electrons. The molecule has 0 saturated carbocycles. The highest BCUT2D eigenvalue weighted by atomic mass is 35.7. The van der Waals surface area contributed by atoms with Crippen molar-refractivity contribution in [2.45, 2.75) is 11.4 Å². The van der Waals surface area contributed by atoms with E-state index in [1.165, 1.54) is 0 Å². The number of nitrogens with zero attached hydrogens (tertiary/aromatic N) is 4. The Labute approximate surface area is 123 Å². The third-order valence-corrected chi connectivity index (χ3v) is 3.86. The van der Waals surface area contributed by atoms with Crippen LogP contribution in [0.2, 0.25) is 0 Å². The van der Waals surface area contributed by atoms with Crippen LogP contribution in [0, 0.1) is 21.4 Å². The molecule has 10 heteroatoms. The van der Waals surface area contributed by atoms with Crippen molar-refractivity contribution in [3.63, 3.8) is 0 Å². The third kappa shape index (κ3) is 3.36. The zero-order valence-electron chi connectivity index (χ0n) is 10.3. The molecule has 0 atom stereocenters. The molecule has 0 aliphatic carbocycles. The molecule has 0 aliphatic rings. The van der Waals surface area contributed by atoms with Gasteiger partial charge >= 0.3 is 5.82 Å². The van der Waals surface area contributed by atoms with Crippen molar-refractivity contribution < 1.29 is 13.3 Å². The standard InChI is InChI=1S/C11H7ClN4O4S/c12-21(19,20)10-7-15(14-11(10)16(17)18)6-9-3-1-2-8(4-9)5-13/h1-4,7H,6H2. The normalized spacial score (nSPS) is 11.0. The predicted octanol–water partition coefficient (Wildman–Crippen LogP) is 1.64. The Hall–Kier alpha value is -2.44. The minimum Gasteiger partial charge on any atom is -0.358 e. The van der Waals surface area contributed by atoms with Crippen LogP contribution >= 0.6 is 10.7 Å². The third-order valence-electron chi connectivity index (χ3n) is 2.55. The Morgan fingerprint density at radius 3 is 2.71 bits per heavy atom. The summed E-state index contributed by atoms with van der Waals surface area (Å²) in [4.78, 5) is 9.22. The molecule has 0 N–H and O–H groups in total. The molecule has 8 nitrogen and oxygen atoms in total. The average molecular weight is 327 g/mol. The van der Waals surface area contributed by atoms with E-state index in [9.17, 15) is 18.5 Å². The SMILES string of the molecule is N#Cc1cccc(Cn2cc(S(=O)(=O)Cl)c([N+](=O)[O-])n2)c1. The van der Waals surface area contributed by atoms with Gasteiger partial charge in [-0.3, -0.25) is 0 Å². The summed E-state index contributed by atoms with van der Waals surface area (Å²) in [5.41, 5.74) is 1.06. The molecule has 0 radical (unpaired) electrons. The van der Waals surface area contributed by atoms with E-state index in [-0.39, 0.29) is 6.54 Å². The molecule has 2 aromatic rings. The first-order valence-electron chi connectivity index (χ1n) is 5.47. The molecule has 0 bridgehead atoms. The molecule has 0 fully saturated rings. The zero-order valence-corrected chi connectivity index (χ0v) is 11.9. The molecule has 0 amide bonds. The molecule has 0 saturated heterocycles. The topological polar surface area (TPSA) is 119 Å². The lowest BCUT2D eigenvalue weighted by molar-refractivity contribution is -0.392. The van der Waals surface area contributed by atoms with Crippen LogP contribution in [0.3, 0.4) is 0 Å². The smallest absolute Gasteiger partial charge is 0.358 e. The summed E-state index contributed by atoms with van der Waals surface area (Å²) < 4.78 is 23.7. The van der Waals surface area contributed by atoms with Gasteiger partial charge in [0, 0.05) is 10.7 Å². The summed E-state index contributed by atoms with van der Waals surface area (Å²) in [6.45, 7) is 0.0722. The number of hydrogen-bond donors (Lipinski definition) is 0. The van der Waals surface area contributed by atoms with Gasteiger partial charge in [0.25, 0.3) is 9.05 Å². The van der Waals surface area contributed by atoms with Gasteiger partial charge in [-0.1, -0.05) is 12.1 Å². The number of benzene rings is 1. The molecular formula is C11H7ClN4O4S. The van der Waals surface area contributed by atoms with E-state index >= 15 is 0 Å². The first-order chi connectivity index (χ1) is 9.81. The maximum absolute atomic E-state index is 11.3. The lowest BCUT2D eigenvalue weighted by atomic mass is 10.1. The van der Waals surface area contributed by atoms with E-state index in [1.807, 2.05) is 6.07 Å². The van der Waals surface area contributed by atoms with E-state index in [0.29, 0.717) is 11.1 Å². The van der Waals surface area contributed by atoms with E-state index in [2.05, 4.69) is 5.10 Å². The van der Waals surface area contributed by atoms with Gasteiger partial charge in [-0.2, -0.15) is 9.94 Å². The van der Waals surface area contributed by atoms with Crippen LogP contribution in [0.25, 0.3) is 0 Å². The molecule has 1 aromatic carbocycles. The second-order valence-corrected chi connectivity index (χ2v) is 6.56. The number of halogens is 1. The van der Waals surface area contributed by atoms with Gasteiger partial charge in [-0.25, -0.2) is 8.42 Å². The van der Waals surface area contributed by atoms with Crippen LogP contribution in [0.5, 0.6) is 0 Å². The van der Waals surface area contributed by atoms with E-state index in [0.717, 1.165) is 10.9 Å². The van der Waals surface area contributed by atoms with Crippen molar-refractivity contribution >= 4 is 25.6 Å². The second-order valence-electron chi connectivity index (χ2n) is 4.02. The van der Waals surface area contributed by atoms with Crippen LogP contribution in [0.15, 0.2) is 35.4 Å². The minimum absolute atomic E-state index is 0.0722. The fourth-order valence-electron chi connectivity index (χ4n) is 1.70. The highest BCUT2D eigenvalue weighted by Crippen LogP contribution is 2.25. The monoisotopic (exact) mass is 326 g/mol. The molecule has 1 aromatic heterocycles. The Kier molecular flexibility index (Phi) is 3.93. The molecule has 0 spiro atoms. The van der Waals surface area contributed by atoms with Crippen LogP contribution < -0.4 is 0 Å². The molecular weight excluding hydrogens is 320 g/mol. The van der Waals surface area contributed by atoms with Crippen molar-refractivity contribution in [3.05, 3.63) is 51.7 Å². The summed E-state index contributed by atoms with van der Waals surface area (Å²) in [5, 5.41) is 23.2. The van der Waals surface area contributed by atoms with Crippen molar-refractivity contribution in [2.75, 3.05) is 0 Å². The van der Waals surface area contributed by atoms with Crippen LogP contribution in [0.4, 0.5) is 5.82 Å². The number of hydrogen-bond acceptors (Lipinski definition) is 6. The van der Waals surface area contributed by atoms with E-state index in [1.54, 1.807) is 24.3 Å². The maximum Gasteiger partial charge on any atom is 0.410 e. The molecule has 21 heavy (non-hydrogen) atoms. The van der Waals surface area contributed by atoms with Gasteiger partial charge in [0.1, 0.15) is 0 Å². The molecule has 0 aliphatic heterocycles. The van der Waals surface area contributed by atoms with Gasteiger partial charge < -0.3 is 10.1 Å². The Balaban J connectivity index is 2.42. The van der Waals surface area contributed by atoms with Crippen LogP contribution in [0.1, 0.15) is 11.1 Å². The summed E-state index contributed by atoms with van der Waals surface area (Å²) >= 11 is 0. The van der Waals surface area contributed by atoms with Crippen LogP contribution in [-0.2, 0) is 15.6 Å². The first kappa shape index (κ1) is 15.0. The minimum atomic E-state index is -4.27. The highest BCUT2D eigenvalue weighted by Gasteiger charge is 2.29. The first-order valence-corrected chi connectivity index (χ1v) is 7.78. The lowest BCUT2D eigenvalue weighted by Gasteiger charge is -1.98. The fraction of sp³-hybridized carbons (Fsp3) is 0.0909. The Morgan fingerprint density at radius 1 is 1.48 bits per heavy atom. The number of nitriles is 1. The average Bonchev–Trinajstić information content (AvgIpc) is 2.83. The Bertz CT molecular complexity index is 853. The summed E-state index contributed by atoms with van der Waals surface area (Å²) in [7, 11) is 0.875. The van der Waals surface area contributed by atoms with E-state index in [4.69, 9.17) is 15.9 Å². The van der Waals surface area contributed by atoms with Gasteiger partial charge in [-0.05, 0) is 22.6 Å². The Morgan fingerprint density at radius 2 is 2.19 bits per heavy atom.